The van der Waals surface area contributed by atoms with Crippen LogP contribution in [0.25, 0.3) is 10.8 Å². The molecular formula is C23H28N2O2. The van der Waals surface area contributed by atoms with E-state index in [9.17, 15) is 4.79 Å². The molecule has 142 valence electrons. The second-order valence-corrected chi connectivity index (χ2v) is 7.27. The molecule has 0 saturated carbocycles. The lowest BCUT2D eigenvalue weighted by atomic mass is 10.1. The van der Waals surface area contributed by atoms with Gasteiger partial charge in [-0.1, -0.05) is 30.3 Å². The van der Waals surface area contributed by atoms with Crippen LogP contribution in [0.15, 0.2) is 48.5 Å². The molecule has 2 aromatic carbocycles. The molecule has 1 aromatic heterocycles. The van der Waals surface area contributed by atoms with Gasteiger partial charge in [0.1, 0.15) is 0 Å². The van der Waals surface area contributed by atoms with Gasteiger partial charge in [0.15, 0.2) is 5.78 Å². The maximum absolute atomic E-state index is 13.0. The van der Waals surface area contributed by atoms with Gasteiger partial charge in [0.25, 0.3) is 0 Å². The highest BCUT2D eigenvalue weighted by Crippen LogP contribution is 2.24. The SMILES string of the molecule is COC[C@@H](C)n1c(C)cc(C(=O)CN(C)c2ccc3ccccc3c2)c1C. The number of aryl methyl sites for hydroxylation is 1. The number of hydrogen-bond acceptors (Lipinski definition) is 3. The number of methoxy groups -OCH3 is 1. The van der Waals surface area contributed by atoms with Crippen LogP contribution in [0.4, 0.5) is 5.69 Å². The van der Waals surface area contributed by atoms with Crippen molar-refractivity contribution in [1.29, 1.82) is 0 Å². The molecule has 0 aliphatic rings. The fraction of sp³-hybridized carbons (Fsp3) is 0.348. The molecule has 0 aliphatic carbocycles. The van der Waals surface area contributed by atoms with Gasteiger partial charge >= 0.3 is 0 Å². The van der Waals surface area contributed by atoms with E-state index in [4.69, 9.17) is 4.74 Å². The Morgan fingerprint density at radius 2 is 1.81 bits per heavy atom. The van der Waals surface area contributed by atoms with Gasteiger partial charge in [-0.25, -0.2) is 0 Å². The second-order valence-electron chi connectivity index (χ2n) is 7.27. The Bertz CT molecular complexity index is 958. The Kier molecular flexibility index (Phi) is 5.66. The lowest BCUT2D eigenvalue weighted by Gasteiger charge is -2.20. The maximum atomic E-state index is 13.0. The van der Waals surface area contributed by atoms with E-state index < -0.39 is 0 Å². The summed E-state index contributed by atoms with van der Waals surface area (Å²) in [6.45, 7) is 7.15. The summed E-state index contributed by atoms with van der Waals surface area (Å²) in [7, 11) is 3.67. The zero-order chi connectivity index (χ0) is 19.6. The fourth-order valence-electron chi connectivity index (χ4n) is 3.86. The van der Waals surface area contributed by atoms with Gasteiger partial charge in [-0.05, 0) is 49.7 Å². The van der Waals surface area contributed by atoms with Gasteiger partial charge in [0.2, 0.25) is 0 Å². The Labute approximate surface area is 161 Å². The minimum atomic E-state index is 0.134. The van der Waals surface area contributed by atoms with Crippen molar-refractivity contribution < 1.29 is 9.53 Å². The molecule has 0 fully saturated rings. The van der Waals surface area contributed by atoms with Crippen molar-refractivity contribution in [2.24, 2.45) is 0 Å². The van der Waals surface area contributed by atoms with Gasteiger partial charge < -0.3 is 14.2 Å². The van der Waals surface area contributed by atoms with E-state index in [0.29, 0.717) is 13.2 Å². The number of aromatic nitrogens is 1. The summed E-state index contributed by atoms with van der Waals surface area (Å²) in [5.74, 6) is 0.134. The highest BCUT2D eigenvalue weighted by molar-refractivity contribution is 6.00. The van der Waals surface area contributed by atoms with E-state index in [-0.39, 0.29) is 11.8 Å². The monoisotopic (exact) mass is 364 g/mol. The molecule has 0 amide bonds. The molecule has 4 heteroatoms. The number of anilines is 1. The number of Topliss-reactive ketones (excluding diaryl/α,β-unsaturated/α-hetero) is 1. The number of rotatable bonds is 7. The molecule has 0 radical (unpaired) electrons. The highest BCUT2D eigenvalue weighted by Gasteiger charge is 2.20. The van der Waals surface area contributed by atoms with E-state index in [2.05, 4.69) is 41.8 Å². The molecule has 0 aliphatic heterocycles. The predicted octanol–water partition coefficient (Wildman–Crippen LogP) is 4.78. The van der Waals surface area contributed by atoms with Crippen LogP contribution < -0.4 is 4.90 Å². The number of benzene rings is 2. The molecule has 0 unspecified atom stereocenters. The van der Waals surface area contributed by atoms with E-state index in [1.54, 1.807) is 7.11 Å². The van der Waals surface area contributed by atoms with Gasteiger partial charge in [-0.3, -0.25) is 4.79 Å². The minimum absolute atomic E-state index is 0.134. The first-order valence-electron chi connectivity index (χ1n) is 9.33. The van der Waals surface area contributed by atoms with Gasteiger partial charge in [-0.15, -0.1) is 0 Å². The van der Waals surface area contributed by atoms with Crippen LogP contribution in [-0.4, -0.2) is 37.7 Å². The van der Waals surface area contributed by atoms with Gasteiger partial charge in [0.05, 0.1) is 19.2 Å². The largest absolute Gasteiger partial charge is 0.383 e. The smallest absolute Gasteiger partial charge is 0.183 e. The summed E-state index contributed by atoms with van der Waals surface area (Å²) in [6.07, 6.45) is 0. The summed E-state index contributed by atoms with van der Waals surface area (Å²) >= 11 is 0. The number of hydrogen-bond donors (Lipinski definition) is 0. The van der Waals surface area contributed by atoms with Crippen LogP contribution in [0.1, 0.15) is 34.7 Å². The van der Waals surface area contributed by atoms with E-state index in [1.165, 1.54) is 10.8 Å². The molecular weight excluding hydrogens is 336 g/mol. The minimum Gasteiger partial charge on any atom is -0.383 e. The average Bonchev–Trinajstić information content (AvgIpc) is 2.95. The molecule has 0 bridgehead atoms. The van der Waals surface area contributed by atoms with Crippen LogP contribution >= 0.6 is 0 Å². The predicted molar refractivity (Wildman–Crippen MR) is 112 cm³/mol. The zero-order valence-electron chi connectivity index (χ0n) is 16.8. The number of ether oxygens (including phenoxy) is 1. The van der Waals surface area contributed by atoms with Crippen molar-refractivity contribution in [2.75, 3.05) is 32.2 Å². The molecule has 0 saturated heterocycles. The molecule has 27 heavy (non-hydrogen) atoms. The quantitative estimate of drug-likeness (QED) is 0.566. The standard InChI is InChI=1S/C23H28N2O2/c1-16-12-22(18(3)25(16)17(2)15-27-5)23(26)14-24(4)21-11-10-19-8-6-7-9-20(19)13-21/h6-13,17H,14-15H2,1-5H3/t17-/m1/s1. The zero-order valence-corrected chi connectivity index (χ0v) is 16.8. The van der Waals surface area contributed by atoms with Crippen LogP contribution in [-0.2, 0) is 4.74 Å². The maximum Gasteiger partial charge on any atom is 0.183 e. The van der Waals surface area contributed by atoms with Crippen molar-refractivity contribution in [3.63, 3.8) is 0 Å². The normalized spacial score (nSPS) is 12.3. The summed E-state index contributed by atoms with van der Waals surface area (Å²) in [6, 6.07) is 16.8. The summed E-state index contributed by atoms with van der Waals surface area (Å²) in [4.78, 5) is 15.0. The van der Waals surface area contributed by atoms with Crippen LogP contribution in [0.3, 0.4) is 0 Å². The molecule has 1 heterocycles. The first kappa shape index (κ1) is 19.2. The number of ketones is 1. The molecule has 0 N–H and O–H groups in total. The Morgan fingerprint density at radius 3 is 2.52 bits per heavy atom. The van der Waals surface area contributed by atoms with E-state index in [1.807, 2.05) is 44.0 Å². The lowest BCUT2D eigenvalue weighted by molar-refractivity contribution is 0.0999. The third-order valence-corrected chi connectivity index (χ3v) is 5.19. The van der Waals surface area contributed by atoms with Crippen molar-refractivity contribution >= 4 is 22.2 Å². The number of fused-ring (bicyclic) bond motifs is 1. The van der Waals surface area contributed by atoms with E-state index >= 15 is 0 Å². The number of likely N-dealkylation sites (N-methyl/N-ethyl adjacent to an activating group) is 1. The van der Waals surface area contributed by atoms with Crippen LogP contribution in [0, 0.1) is 13.8 Å². The Balaban J connectivity index is 1.81. The van der Waals surface area contributed by atoms with Crippen LogP contribution in [0.2, 0.25) is 0 Å². The van der Waals surface area contributed by atoms with E-state index in [0.717, 1.165) is 22.6 Å². The van der Waals surface area contributed by atoms with Crippen molar-refractivity contribution in [3.8, 4) is 0 Å². The third kappa shape index (κ3) is 3.91. The number of carbonyl (C=O) groups excluding carboxylic acids is 1. The first-order valence-corrected chi connectivity index (χ1v) is 9.33. The second kappa shape index (κ2) is 7.97. The molecule has 3 rings (SSSR count). The number of nitrogens with zero attached hydrogens (tertiary/aromatic N) is 2. The summed E-state index contributed by atoms with van der Waals surface area (Å²) < 4.78 is 7.47. The van der Waals surface area contributed by atoms with Crippen molar-refractivity contribution in [1.82, 2.24) is 4.57 Å². The number of carbonyl (C=O) groups is 1. The summed E-state index contributed by atoms with van der Waals surface area (Å²) in [5.41, 5.74) is 3.94. The first-order chi connectivity index (χ1) is 12.9. The topological polar surface area (TPSA) is 34.5 Å². The van der Waals surface area contributed by atoms with Crippen molar-refractivity contribution in [2.45, 2.75) is 26.8 Å². The Morgan fingerprint density at radius 1 is 1.11 bits per heavy atom. The third-order valence-electron chi connectivity index (χ3n) is 5.19. The molecule has 3 aromatic rings. The van der Waals surface area contributed by atoms with Gasteiger partial charge in [-0.2, -0.15) is 0 Å². The van der Waals surface area contributed by atoms with Gasteiger partial charge in [0, 0.05) is 36.8 Å². The van der Waals surface area contributed by atoms with Crippen LogP contribution in [0.5, 0.6) is 0 Å². The summed E-state index contributed by atoms with van der Waals surface area (Å²) in [5, 5.41) is 2.39. The highest BCUT2D eigenvalue weighted by atomic mass is 16.5. The Hall–Kier alpha value is -2.59. The average molecular weight is 364 g/mol. The lowest BCUT2D eigenvalue weighted by Crippen LogP contribution is -2.26. The molecule has 0 spiro atoms. The molecule has 4 nitrogen and oxygen atoms in total. The fourth-order valence-corrected chi connectivity index (χ4v) is 3.86. The van der Waals surface area contributed by atoms with Crippen molar-refractivity contribution in [3.05, 3.63) is 65.5 Å². The molecule has 1 atom stereocenters.